The molecule has 0 rings (SSSR count). The molecule has 7 heavy (non-hydrogen) atoms. The van der Waals surface area contributed by atoms with Crippen LogP contribution in [0.5, 0.6) is 0 Å². The molecular formula is C5H12N2. The number of nitrogens with two attached hydrogens (primary N) is 2. The first-order chi connectivity index (χ1) is 3.12. The Bertz CT molecular complexity index is 66.5. The Morgan fingerprint density at radius 2 is 2.14 bits per heavy atom. The van der Waals surface area contributed by atoms with Crippen LogP contribution in [0.2, 0.25) is 0 Å². The molecule has 0 aliphatic heterocycles. The molecule has 42 valence electrons. The molecule has 0 aromatic rings. The zero-order chi connectivity index (χ0) is 5.91. The SMILES string of the molecule is C=CC(N)(N)CC. The molecule has 0 aliphatic rings. The lowest BCUT2D eigenvalue weighted by Crippen LogP contribution is -2.46. The zero-order valence-corrected chi connectivity index (χ0v) is 4.65. The highest BCUT2D eigenvalue weighted by Crippen LogP contribution is 1.94. The van der Waals surface area contributed by atoms with Crippen molar-refractivity contribution in [2.45, 2.75) is 19.0 Å². The minimum Gasteiger partial charge on any atom is -0.310 e. The molecule has 0 unspecified atom stereocenters. The van der Waals surface area contributed by atoms with E-state index in [1.807, 2.05) is 6.92 Å². The zero-order valence-electron chi connectivity index (χ0n) is 4.65. The third kappa shape index (κ3) is 2.37. The molecule has 2 nitrogen and oxygen atoms in total. The Labute approximate surface area is 44.2 Å². The van der Waals surface area contributed by atoms with Crippen molar-refractivity contribution in [2.75, 3.05) is 0 Å². The summed E-state index contributed by atoms with van der Waals surface area (Å²) in [6, 6.07) is 0. The van der Waals surface area contributed by atoms with Crippen molar-refractivity contribution in [3.63, 3.8) is 0 Å². The number of rotatable bonds is 2. The quantitative estimate of drug-likeness (QED) is 0.384. The van der Waals surface area contributed by atoms with Crippen LogP contribution in [-0.4, -0.2) is 5.66 Å². The van der Waals surface area contributed by atoms with Gasteiger partial charge >= 0.3 is 0 Å². The summed E-state index contributed by atoms with van der Waals surface area (Å²) >= 11 is 0. The van der Waals surface area contributed by atoms with Gasteiger partial charge in [0.25, 0.3) is 0 Å². The molecule has 0 bridgehead atoms. The smallest absolute Gasteiger partial charge is 0.0822 e. The predicted molar refractivity (Wildman–Crippen MR) is 31.6 cm³/mol. The largest absolute Gasteiger partial charge is 0.310 e. The van der Waals surface area contributed by atoms with Crippen molar-refractivity contribution in [3.8, 4) is 0 Å². The van der Waals surface area contributed by atoms with Gasteiger partial charge in [-0.25, -0.2) is 0 Å². The molecule has 2 heteroatoms. The van der Waals surface area contributed by atoms with Crippen molar-refractivity contribution < 1.29 is 0 Å². The van der Waals surface area contributed by atoms with Gasteiger partial charge < -0.3 is 11.5 Å². The second-order valence-electron chi connectivity index (χ2n) is 1.67. The average Bonchev–Trinajstić information content (AvgIpc) is 1.68. The van der Waals surface area contributed by atoms with Crippen molar-refractivity contribution in [1.29, 1.82) is 0 Å². The molecule has 0 aromatic carbocycles. The van der Waals surface area contributed by atoms with Crippen LogP contribution in [0, 0.1) is 0 Å². The third-order valence-electron chi connectivity index (χ3n) is 0.992. The molecule has 0 fully saturated rings. The van der Waals surface area contributed by atoms with Gasteiger partial charge in [0.15, 0.2) is 0 Å². The van der Waals surface area contributed by atoms with Gasteiger partial charge in [0.1, 0.15) is 0 Å². The summed E-state index contributed by atoms with van der Waals surface area (Å²) in [6.45, 7) is 5.37. The van der Waals surface area contributed by atoms with Gasteiger partial charge in [-0.3, -0.25) is 0 Å². The van der Waals surface area contributed by atoms with E-state index < -0.39 is 5.66 Å². The molecule has 0 aliphatic carbocycles. The standard InChI is InChI=1S/C5H12N2/c1-3-5(6,7)4-2/h3H,1,4,6-7H2,2H3. The van der Waals surface area contributed by atoms with Crippen LogP contribution >= 0.6 is 0 Å². The van der Waals surface area contributed by atoms with E-state index in [9.17, 15) is 0 Å². The molecule has 0 radical (unpaired) electrons. The molecule has 4 N–H and O–H groups in total. The Balaban J connectivity index is 3.58. The Hall–Kier alpha value is -0.340. The van der Waals surface area contributed by atoms with E-state index >= 15 is 0 Å². The fraction of sp³-hybridized carbons (Fsp3) is 0.600. The summed E-state index contributed by atoms with van der Waals surface area (Å²) in [5.41, 5.74) is 10.1. The normalized spacial score (nSPS) is 11.3. The van der Waals surface area contributed by atoms with E-state index in [0.717, 1.165) is 6.42 Å². The first-order valence-corrected chi connectivity index (χ1v) is 2.33. The van der Waals surface area contributed by atoms with E-state index in [-0.39, 0.29) is 0 Å². The maximum Gasteiger partial charge on any atom is 0.0822 e. The van der Waals surface area contributed by atoms with E-state index in [1.54, 1.807) is 6.08 Å². The molecule has 0 amide bonds. The minimum absolute atomic E-state index is 0.653. The van der Waals surface area contributed by atoms with Crippen LogP contribution in [0.3, 0.4) is 0 Å². The van der Waals surface area contributed by atoms with Crippen LogP contribution in [0.15, 0.2) is 12.7 Å². The minimum atomic E-state index is -0.653. The molecule has 0 heterocycles. The van der Waals surface area contributed by atoms with E-state index in [4.69, 9.17) is 11.5 Å². The fourth-order valence-corrected chi connectivity index (χ4v) is 0.144. The Morgan fingerprint density at radius 1 is 1.71 bits per heavy atom. The first-order valence-electron chi connectivity index (χ1n) is 2.33. The van der Waals surface area contributed by atoms with Crippen LogP contribution in [0.4, 0.5) is 0 Å². The van der Waals surface area contributed by atoms with Crippen LogP contribution < -0.4 is 11.5 Å². The highest BCUT2D eigenvalue weighted by atomic mass is 14.9. The van der Waals surface area contributed by atoms with E-state index in [2.05, 4.69) is 6.58 Å². The summed E-state index contributed by atoms with van der Waals surface area (Å²) in [7, 11) is 0. The third-order valence-corrected chi connectivity index (χ3v) is 0.992. The monoisotopic (exact) mass is 100 g/mol. The van der Waals surface area contributed by atoms with E-state index in [1.165, 1.54) is 0 Å². The Kier molecular flexibility index (Phi) is 1.99. The van der Waals surface area contributed by atoms with Gasteiger partial charge in [-0.15, -0.1) is 0 Å². The van der Waals surface area contributed by atoms with Crippen LogP contribution in [-0.2, 0) is 0 Å². The lowest BCUT2D eigenvalue weighted by atomic mass is 10.1. The highest BCUT2D eigenvalue weighted by molar-refractivity contribution is 4.93. The average molecular weight is 100 g/mol. The highest BCUT2D eigenvalue weighted by Gasteiger charge is 2.07. The van der Waals surface area contributed by atoms with Crippen molar-refractivity contribution >= 4 is 0 Å². The molecule has 0 saturated carbocycles. The maximum atomic E-state index is 5.38. The summed E-state index contributed by atoms with van der Waals surface area (Å²) in [4.78, 5) is 0. The van der Waals surface area contributed by atoms with Gasteiger partial charge in [0.2, 0.25) is 0 Å². The van der Waals surface area contributed by atoms with E-state index in [0.29, 0.717) is 0 Å². The van der Waals surface area contributed by atoms with Gasteiger partial charge in [-0.1, -0.05) is 19.6 Å². The van der Waals surface area contributed by atoms with Crippen molar-refractivity contribution in [3.05, 3.63) is 12.7 Å². The number of hydrogen-bond donors (Lipinski definition) is 2. The maximum absolute atomic E-state index is 5.38. The summed E-state index contributed by atoms with van der Waals surface area (Å²) in [6.07, 6.45) is 2.28. The molecular weight excluding hydrogens is 88.1 g/mol. The van der Waals surface area contributed by atoms with Gasteiger partial charge in [-0.2, -0.15) is 0 Å². The first kappa shape index (κ1) is 6.66. The molecule has 0 aromatic heterocycles. The lowest BCUT2D eigenvalue weighted by Gasteiger charge is -2.15. The van der Waals surface area contributed by atoms with Gasteiger partial charge in [-0.05, 0) is 6.42 Å². The lowest BCUT2D eigenvalue weighted by molar-refractivity contribution is 0.535. The molecule has 0 atom stereocenters. The summed E-state index contributed by atoms with van der Waals surface area (Å²) in [5.74, 6) is 0. The fourth-order valence-electron chi connectivity index (χ4n) is 0.144. The Morgan fingerprint density at radius 3 is 2.14 bits per heavy atom. The van der Waals surface area contributed by atoms with Crippen molar-refractivity contribution in [2.24, 2.45) is 11.5 Å². The summed E-state index contributed by atoms with van der Waals surface area (Å²) < 4.78 is 0. The summed E-state index contributed by atoms with van der Waals surface area (Å²) in [5, 5.41) is 0. The van der Waals surface area contributed by atoms with Crippen molar-refractivity contribution in [1.82, 2.24) is 0 Å². The van der Waals surface area contributed by atoms with Crippen LogP contribution in [0.25, 0.3) is 0 Å². The molecule has 0 spiro atoms. The van der Waals surface area contributed by atoms with Crippen LogP contribution in [0.1, 0.15) is 13.3 Å². The topological polar surface area (TPSA) is 52.0 Å². The van der Waals surface area contributed by atoms with Gasteiger partial charge in [0, 0.05) is 0 Å². The van der Waals surface area contributed by atoms with Gasteiger partial charge in [0.05, 0.1) is 5.66 Å². The number of hydrogen-bond acceptors (Lipinski definition) is 2. The molecule has 0 saturated heterocycles. The second-order valence-corrected chi connectivity index (χ2v) is 1.67. The second kappa shape index (κ2) is 2.09. The predicted octanol–water partition coefficient (Wildman–Crippen LogP) is 0.196.